The number of fused-ring (bicyclic) bond motifs is 1. The van der Waals surface area contributed by atoms with Gasteiger partial charge < -0.3 is 20.8 Å². The highest BCUT2D eigenvalue weighted by atomic mass is 35.5. The van der Waals surface area contributed by atoms with E-state index in [-0.39, 0.29) is 6.04 Å². The summed E-state index contributed by atoms with van der Waals surface area (Å²) in [7, 11) is -2.17. The molecular weight excluding hydrogens is 336 g/mol. The first-order valence-electron chi connectivity index (χ1n) is 7.23. The van der Waals surface area contributed by atoms with E-state index in [2.05, 4.69) is 30.3 Å². The molecule has 0 amide bonds. The third kappa shape index (κ3) is 4.70. The Balaban J connectivity index is 0.000000433. The van der Waals surface area contributed by atoms with Crippen LogP contribution in [0, 0.1) is 0 Å². The Hall–Kier alpha value is -1.08. The van der Waals surface area contributed by atoms with Gasteiger partial charge in [-0.15, -0.1) is 0 Å². The van der Waals surface area contributed by atoms with E-state index in [0.717, 1.165) is 12.8 Å². The van der Waals surface area contributed by atoms with Crippen LogP contribution in [0.25, 0.3) is 0 Å². The van der Waals surface area contributed by atoms with Crippen LogP contribution in [0.3, 0.4) is 0 Å². The summed E-state index contributed by atoms with van der Waals surface area (Å²) < 4.78 is 0. The molecule has 0 bridgehead atoms. The minimum atomic E-state index is -2.17. The predicted molar refractivity (Wildman–Crippen MR) is 93.3 cm³/mol. The van der Waals surface area contributed by atoms with Gasteiger partial charge in [0.2, 0.25) is 0 Å². The minimum Gasteiger partial charge on any atom is -0.402 e. The molecule has 0 fully saturated rings. The van der Waals surface area contributed by atoms with Crippen LogP contribution in [0.5, 0.6) is 0 Å². The van der Waals surface area contributed by atoms with Crippen molar-refractivity contribution in [2.45, 2.75) is 24.8 Å². The van der Waals surface area contributed by atoms with Crippen molar-refractivity contribution < 1.29 is 15.1 Å². The summed E-state index contributed by atoms with van der Waals surface area (Å²) in [6.45, 7) is 0. The summed E-state index contributed by atoms with van der Waals surface area (Å²) in [6, 6.07) is 14.5. The number of nitrogens with two attached hydrogens (primary N) is 1. The molecule has 0 radical (unpaired) electrons. The minimum absolute atomic E-state index is 0.148. The average molecular weight is 354 g/mol. The van der Waals surface area contributed by atoms with Crippen molar-refractivity contribution in [3.05, 3.63) is 69.2 Å². The van der Waals surface area contributed by atoms with Crippen LogP contribution in [0.2, 0.25) is 10.0 Å². The smallest absolute Gasteiger partial charge is 0.402 e. The second-order valence-electron chi connectivity index (χ2n) is 5.39. The molecule has 2 atom stereocenters. The molecule has 1 aliphatic carbocycles. The fraction of sp³-hybridized carbons (Fsp3) is 0.250. The van der Waals surface area contributed by atoms with E-state index in [1.165, 1.54) is 16.7 Å². The molecule has 3 rings (SSSR count). The van der Waals surface area contributed by atoms with E-state index < -0.39 is 7.32 Å². The van der Waals surface area contributed by atoms with Crippen LogP contribution in [0.1, 0.15) is 41.5 Å². The predicted octanol–water partition coefficient (Wildman–Crippen LogP) is 2.87. The second kappa shape index (κ2) is 8.15. The Morgan fingerprint density at radius 3 is 2.13 bits per heavy atom. The van der Waals surface area contributed by atoms with E-state index in [4.69, 9.17) is 44.0 Å². The normalized spacial score (nSPS) is 19.4. The van der Waals surface area contributed by atoms with E-state index in [9.17, 15) is 0 Å². The number of hydrogen-bond acceptors (Lipinski definition) is 4. The van der Waals surface area contributed by atoms with Gasteiger partial charge in [-0.2, -0.15) is 0 Å². The molecule has 5 N–H and O–H groups in total. The molecule has 0 unspecified atom stereocenters. The Bertz CT molecular complexity index is 667. The molecule has 1 aliphatic rings. The van der Waals surface area contributed by atoms with Crippen molar-refractivity contribution in [3.8, 4) is 0 Å². The Kier molecular flexibility index (Phi) is 6.47. The molecule has 0 aromatic heterocycles. The highest BCUT2D eigenvalue weighted by Crippen LogP contribution is 2.41. The molecule has 122 valence electrons. The molecule has 4 nitrogen and oxygen atoms in total. The average Bonchev–Trinajstić information content (AvgIpc) is 2.50. The molecule has 0 spiro atoms. The zero-order valence-corrected chi connectivity index (χ0v) is 13.9. The van der Waals surface area contributed by atoms with E-state index in [1.807, 2.05) is 12.1 Å². The molecular formula is C16H18BCl2NO3. The van der Waals surface area contributed by atoms with Gasteiger partial charge in [0.25, 0.3) is 0 Å². The van der Waals surface area contributed by atoms with E-state index >= 15 is 0 Å². The molecule has 23 heavy (non-hydrogen) atoms. The lowest BCUT2D eigenvalue weighted by Gasteiger charge is -2.30. The first-order chi connectivity index (χ1) is 10.9. The van der Waals surface area contributed by atoms with Crippen LogP contribution >= 0.6 is 23.2 Å². The maximum absolute atomic E-state index is 7.17. The van der Waals surface area contributed by atoms with Crippen LogP contribution in [-0.4, -0.2) is 22.4 Å². The van der Waals surface area contributed by atoms with Crippen LogP contribution < -0.4 is 5.73 Å². The van der Waals surface area contributed by atoms with Crippen LogP contribution in [0.15, 0.2) is 42.5 Å². The fourth-order valence-corrected chi connectivity index (χ4v) is 3.21. The Morgan fingerprint density at radius 1 is 0.913 bits per heavy atom. The first kappa shape index (κ1) is 18.3. The second-order valence-corrected chi connectivity index (χ2v) is 6.20. The van der Waals surface area contributed by atoms with Crippen molar-refractivity contribution in [2.24, 2.45) is 5.73 Å². The number of benzene rings is 2. The summed E-state index contributed by atoms with van der Waals surface area (Å²) in [6.07, 6.45) is 2.05. The lowest BCUT2D eigenvalue weighted by atomic mass is 9.77. The van der Waals surface area contributed by atoms with Gasteiger partial charge in [0.05, 0.1) is 10.0 Å². The van der Waals surface area contributed by atoms with Crippen LogP contribution in [-0.2, 0) is 0 Å². The van der Waals surface area contributed by atoms with Crippen molar-refractivity contribution in [3.63, 3.8) is 0 Å². The Labute approximate surface area is 145 Å². The van der Waals surface area contributed by atoms with Gasteiger partial charge in [-0.1, -0.05) is 53.5 Å². The van der Waals surface area contributed by atoms with E-state index in [0.29, 0.717) is 16.0 Å². The van der Waals surface area contributed by atoms with Gasteiger partial charge in [-0.25, -0.2) is 0 Å². The zero-order valence-electron chi connectivity index (χ0n) is 12.4. The maximum Gasteiger partial charge on any atom is 0.631 e. The SMILES string of the molecule is N[C@H]1CC[C@@H](c2ccc(Cl)c(Cl)c2)c2ccccc21.OB(O)O. The molecule has 2 aromatic rings. The zero-order chi connectivity index (χ0) is 17.0. The van der Waals surface area contributed by atoms with Gasteiger partial charge in [0, 0.05) is 12.0 Å². The number of halogens is 2. The highest BCUT2D eigenvalue weighted by molar-refractivity contribution is 6.42. The maximum atomic E-state index is 7.17. The molecule has 0 saturated carbocycles. The fourth-order valence-electron chi connectivity index (χ4n) is 2.90. The van der Waals surface area contributed by atoms with Crippen LogP contribution in [0.4, 0.5) is 0 Å². The topological polar surface area (TPSA) is 86.7 Å². The quantitative estimate of drug-likeness (QED) is 0.594. The van der Waals surface area contributed by atoms with Crippen molar-refractivity contribution in [2.75, 3.05) is 0 Å². The molecule has 7 heteroatoms. The van der Waals surface area contributed by atoms with Gasteiger partial charge in [-0.3, -0.25) is 0 Å². The van der Waals surface area contributed by atoms with Gasteiger partial charge in [-0.05, 0) is 41.7 Å². The molecule has 2 aromatic carbocycles. The largest absolute Gasteiger partial charge is 0.631 e. The third-order valence-electron chi connectivity index (χ3n) is 3.88. The van der Waals surface area contributed by atoms with Gasteiger partial charge in [0.15, 0.2) is 0 Å². The summed E-state index contributed by atoms with van der Waals surface area (Å²) >= 11 is 12.1. The number of rotatable bonds is 1. The standard InChI is InChI=1S/C16H15Cl2N.BH3O3/c17-14-7-5-10(9-15(14)18)11-6-8-16(19)13-4-2-1-3-12(11)13;2-1(3)4/h1-5,7,9,11,16H,6,8,19H2;2-4H/t11-,16-;/m0./s1. The highest BCUT2D eigenvalue weighted by Gasteiger charge is 2.26. The summed E-state index contributed by atoms with van der Waals surface area (Å²) in [4.78, 5) is 0. The van der Waals surface area contributed by atoms with Crippen molar-refractivity contribution in [1.82, 2.24) is 0 Å². The summed E-state index contributed by atoms with van der Waals surface area (Å²) in [5, 5.41) is 22.7. The van der Waals surface area contributed by atoms with Crippen molar-refractivity contribution in [1.29, 1.82) is 0 Å². The lowest BCUT2D eigenvalue weighted by Crippen LogP contribution is -2.20. The lowest BCUT2D eigenvalue weighted by molar-refractivity contribution is 0.278. The Morgan fingerprint density at radius 2 is 1.52 bits per heavy atom. The van der Waals surface area contributed by atoms with Gasteiger partial charge >= 0.3 is 7.32 Å². The summed E-state index contributed by atoms with van der Waals surface area (Å²) in [5.41, 5.74) is 9.98. The van der Waals surface area contributed by atoms with E-state index in [1.54, 1.807) is 0 Å². The van der Waals surface area contributed by atoms with Crippen molar-refractivity contribution >= 4 is 30.5 Å². The molecule has 0 saturated heterocycles. The molecule has 0 aliphatic heterocycles. The third-order valence-corrected chi connectivity index (χ3v) is 4.62. The first-order valence-corrected chi connectivity index (χ1v) is 7.99. The molecule has 0 heterocycles. The summed E-state index contributed by atoms with van der Waals surface area (Å²) in [5.74, 6) is 0.366. The van der Waals surface area contributed by atoms with Gasteiger partial charge in [0.1, 0.15) is 0 Å². The monoisotopic (exact) mass is 353 g/mol. The number of hydrogen-bond donors (Lipinski definition) is 4.